The molecule has 0 spiro atoms. The number of ether oxygens (including phenoxy) is 1. The van der Waals surface area contributed by atoms with E-state index in [-0.39, 0.29) is 0 Å². The molecule has 0 bridgehead atoms. The highest BCUT2D eigenvalue weighted by molar-refractivity contribution is 6.35. The zero-order chi connectivity index (χ0) is 15.8. The van der Waals surface area contributed by atoms with Gasteiger partial charge >= 0.3 is 0 Å². The van der Waals surface area contributed by atoms with Crippen molar-refractivity contribution < 1.29 is 4.74 Å². The van der Waals surface area contributed by atoms with E-state index in [2.05, 4.69) is 33.5 Å². The molecule has 0 aliphatic carbocycles. The molecule has 0 amide bonds. The summed E-state index contributed by atoms with van der Waals surface area (Å²) in [7, 11) is 2.19. The quantitative estimate of drug-likeness (QED) is 0.861. The molecular weight excluding hydrogens is 310 g/mol. The first-order chi connectivity index (χ1) is 11.2. The molecule has 1 saturated heterocycles. The molecule has 2 aliphatic rings. The zero-order valence-corrected chi connectivity index (χ0v) is 14.5. The average Bonchev–Trinajstić information content (AvgIpc) is 2.88. The lowest BCUT2D eigenvalue weighted by atomic mass is 10.1. The van der Waals surface area contributed by atoms with Crippen molar-refractivity contribution in [1.29, 1.82) is 0 Å². The van der Waals surface area contributed by atoms with Gasteiger partial charge in [0.2, 0.25) is 0 Å². The Bertz CT molecular complexity index is 706. The minimum atomic E-state index is 0.862. The molecule has 1 aromatic carbocycles. The number of halogens is 1. The minimum Gasteiger partial charge on any atom is -0.379 e. The predicted molar refractivity (Wildman–Crippen MR) is 94.2 cm³/mol. The average molecular weight is 334 g/mol. The molecule has 23 heavy (non-hydrogen) atoms. The normalized spacial score (nSPS) is 20.1. The fourth-order valence-electron chi connectivity index (χ4n) is 3.91. The number of likely N-dealkylation sites (N-methyl/N-ethyl adjacent to an activating group) is 1. The number of hydrogen-bond donors (Lipinski definition) is 0. The van der Waals surface area contributed by atoms with E-state index in [1.807, 2.05) is 6.07 Å². The van der Waals surface area contributed by atoms with E-state index >= 15 is 0 Å². The van der Waals surface area contributed by atoms with Crippen LogP contribution in [0.15, 0.2) is 18.2 Å². The molecule has 0 unspecified atom stereocenters. The number of rotatable bonds is 3. The Hall–Kier alpha value is -1.07. The minimum absolute atomic E-state index is 0.862. The highest BCUT2D eigenvalue weighted by atomic mass is 35.5. The molecule has 1 fully saturated rings. The van der Waals surface area contributed by atoms with Gasteiger partial charge in [-0.15, -0.1) is 0 Å². The summed E-state index contributed by atoms with van der Waals surface area (Å²) in [5.74, 6) is 0. The standard InChI is InChI=1S/C18H24ClN3O/c1-20-6-5-16-14(13-20)18-15(19)3-2-4-17(18)22(16)8-7-21-9-11-23-12-10-21/h2-4H,5-13H2,1H3. The summed E-state index contributed by atoms with van der Waals surface area (Å²) in [6.07, 6.45) is 1.11. The van der Waals surface area contributed by atoms with Gasteiger partial charge in [0.15, 0.2) is 0 Å². The number of aromatic nitrogens is 1. The van der Waals surface area contributed by atoms with Gasteiger partial charge in [-0.2, -0.15) is 0 Å². The van der Waals surface area contributed by atoms with Crippen molar-refractivity contribution in [3.63, 3.8) is 0 Å². The van der Waals surface area contributed by atoms with Crippen molar-refractivity contribution >= 4 is 22.5 Å². The van der Waals surface area contributed by atoms with E-state index in [9.17, 15) is 0 Å². The van der Waals surface area contributed by atoms with E-state index in [1.54, 1.807) is 0 Å². The third kappa shape index (κ3) is 2.89. The van der Waals surface area contributed by atoms with Gasteiger partial charge in [-0.3, -0.25) is 4.90 Å². The van der Waals surface area contributed by atoms with Gasteiger partial charge in [0.05, 0.1) is 23.8 Å². The predicted octanol–water partition coefficient (Wildman–Crippen LogP) is 2.61. The maximum atomic E-state index is 6.55. The molecule has 4 rings (SSSR count). The number of nitrogens with zero attached hydrogens (tertiary/aromatic N) is 3. The van der Waals surface area contributed by atoms with Crippen LogP contribution in [0.1, 0.15) is 11.3 Å². The van der Waals surface area contributed by atoms with Gasteiger partial charge < -0.3 is 14.2 Å². The van der Waals surface area contributed by atoms with Crippen LogP contribution in [0.3, 0.4) is 0 Å². The fraction of sp³-hybridized carbons (Fsp3) is 0.556. The molecule has 5 heteroatoms. The van der Waals surface area contributed by atoms with Crippen molar-refractivity contribution in [3.05, 3.63) is 34.5 Å². The second kappa shape index (κ2) is 6.44. The molecule has 2 aromatic rings. The van der Waals surface area contributed by atoms with Crippen LogP contribution in [0.2, 0.25) is 5.02 Å². The lowest BCUT2D eigenvalue weighted by molar-refractivity contribution is 0.0364. The Morgan fingerprint density at radius 2 is 1.96 bits per heavy atom. The van der Waals surface area contributed by atoms with Gasteiger partial charge in [-0.05, 0) is 24.7 Å². The van der Waals surface area contributed by atoms with E-state index in [4.69, 9.17) is 16.3 Å². The van der Waals surface area contributed by atoms with Crippen molar-refractivity contribution in [2.24, 2.45) is 0 Å². The number of hydrogen-bond acceptors (Lipinski definition) is 3. The highest BCUT2D eigenvalue weighted by Gasteiger charge is 2.24. The van der Waals surface area contributed by atoms with Crippen LogP contribution in [0, 0.1) is 0 Å². The van der Waals surface area contributed by atoms with Crippen LogP contribution >= 0.6 is 11.6 Å². The zero-order valence-electron chi connectivity index (χ0n) is 13.7. The van der Waals surface area contributed by atoms with Crippen molar-refractivity contribution in [3.8, 4) is 0 Å². The fourth-order valence-corrected chi connectivity index (χ4v) is 4.20. The third-order valence-corrected chi connectivity index (χ3v) is 5.48. The number of fused-ring (bicyclic) bond motifs is 3. The topological polar surface area (TPSA) is 20.6 Å². The second-order valence-corrected chi connectivity index (χ2v) is 7.06. The largest absolute Gasteiger partial charge is 0.379 e. The molecule has 2 aliphatic heterocycles. The summed E-state index contributed by atoms with van der Waals surface area (Å²) in [6.45, 7) is 8.06. The molecule has 1 aromatic heterocycles. The van der Waals surface area contributed by atoms with Crippen LogP contribution in [0.5, 0.6) is 0 Å². The lowest BCUT2D eigenvalue weighted by Crippen LogP contribution is -2.38. The first-order valence-electron chi connectivity index (χ1n) is 8.51. The molecule has 0 atom stereocenters. The van der Waals surface area contributed by atoms with Crippen molar-refractivity contribution in [2.75, 3.05) is 46.4 Å². The second-order valence-electron chi connectivity index (χ2n) is 6.65. The van der Waals surface area contributed by atoms with Crippen LogP contribution < -0.4 is 0 Å². The van der Waals surface area contributed by atoms with Crippen LogP contribution in [-0.2, 0) is 24.2 Å². The smallest absolute Gasteiger partial charge is 0.0594 e. The molecule has 0 radical (unpaired) electrons. The Kier molecular flexibility index (Phi) is 4.33. The first kappa shape index (κ1) is 15.5. The van der Waals surface area contributed by atoms with Gasteiger partial charge in [0, 0.05) is 56.8 Å². The maximum absolute atomic E-state index is 6.55. The Morgan fingerprint density at radius 1 is 1.13 bits per heavy atom. The summed E-state index contributed by atoms with van der Waals surface area (Å²) < 4.78 is 7.97. The van der Waals surface area contributed by atoms with Crippen LogP contribution in [0.25, 0.3) is 10.9 Å². The summed E-state index contributed by atoms with van der Waals surface area (Å²) in [4.78, 5) is 4.89. The maximum Gasteiger partial charge on any atom is 0.0594 e. The van der Waals surface area contributed by atoms with Crippen molar-refractivity contribution in [2.45, 2.75) is 19.5 Å². The molecule has 0 N–H and O–H groups in total. The van der Waals surface area contributed by atoms with Gasteiger partial charge in [-0.25, -0.2) is 0 Å². The first-order valence-corrected chi connectivity index (χ1v) is 8.89. The summed E-state index contributed by atoms with van der Waals surface area (Å²) in [5, 5.41) is 2.15. The number of morpholine rings is 1. The summed E-state index contributed by atoms with van der Waals surface area (Å²) in [6, 6.07) is 6.31. The molecule has 3 heterocycles. The lowest BCUT2D eigenvalue weighted by Gasteiger charge is -2.28. The van der Waals surface area contributed by atoms with E-state index in [1.165, 1.54) is 22.2 Å². The van der Waals surface area contributed by atoms with Crippen molar-refractivity contribution in [1.82, 2.24) is 14.4 Å². The summed E-state index contributed by atoms with van der Waals surface area (Å²) in [5.41, 5.74) is 4.21. The van der Waals surface area contributed by atoms with Gasteiger partial charge in [0.25, 0.3) is 0 Å². The molecule has 0 saturated carbocycles. The van der Waals surface area contributed by atoms with Gasteiger partial charge in [0.1, 0.15) is 0 Å². The Balaban J connectivity index is 1.69. The Labute approximate surface area is 142 Å². The van der Waals surface area contributed by atoms with Gasteiger partial charge in [-0.1, -0.05) is 17.7 Å². The molecule has 4 nitrogen and oxygen atoms in total. The SMILES string of the molecule is CN1CCc2c(c3c(Cl)cccc3n2CCN2CCOCC2)C1. The van der Waals surface area contributed by atoms with E-state index in [0.29, 0.717) is 0 Å². The van der Waals surface area contributed by atoms with Crippen LogP contribution in [-0.4, -0.2) is 60.8 Å². The third-order valence-electron chi connectivity index (χ3n) is 5.16. The van der Waals surface area contributed by atoms with Crippen LogP contribution in [0.4, 0.5) is 0 Å². The number of benzene rings is 1. The monoisotopic (exact) mass is 333 g/mol. The Morgan fingerprint density at radius 3 is 2.78 bits per heavy atom. The summed E-state index contributed by atoms with van der Waals surface area (Å²) >= 11 is 6.55. The van der Waals surface area contributed by atoms with E-state index in [0.717, 1.165) is 63.9 Å². The van der Waals surface area contributed by atoms with E-state index < -0.39 is 0 Å². The molecular formula is C18H24ClN3O. The highest BCUT2D eigenvalue weighted by Crippen LogP contribution is 2.35. The molecule has 124 valence electrons.